The molecule has 1 aromatic rings. The van der Waals surface area contributed by atoms with E-state index in [-0.39, 0.29) is 0 Å². The summed E-state index contributed by atoms with van der Waals surface area (Å²) < 4.78 is 37.6. The molecule has 86 valence electrons. The number of alkyl halides is 3. The van der Waals surface area contributed by atoms with Gasteiger partial charge in [-0.3, -0.25) is 4.68 Å². The van der Waals surface area contributed by atoms with Crippen molar-refractivity contribution in [3.8, 4) is 0 Å². The van der Waals surface area contributed by atoms with E-state index in [9.17, 15) is 13.2 Å². The van der Waals surface area contributed by atoms with Crippen molar-refractivity contribution in [1.29, 1.82) is 0 Å². The predicted octanol–water partition coefficient (Wildman–Crippen LogP) is 2.06. The molecule has 0 aliphatic heterocycles. The Bertz CT molecular complexity index is 307. The molecule has 1 N–H and O–H groups in total. The number of aryl methyl sites for hydroxylation is 1. The predicted molar refractivity (Wildman–Crippen MR) is 48.1 cm³/mol. The third kappa shape index (κ3) is 3.91. The van der Waals surface area contributed by atoms with Gasteiger partial charge in [0.25, 0.3) is 0 Å². The second-order valence-corrected chi connectivity index (χ2v) is 3.45. The van der Waals surface area contributed by atoms with Gasteiger partial charge in [-0.25, -0.2) is 0 Å². The van der Waals surface area contributed by atoms with Crippen molar-refractivity contribution < 1.29 is 18.3 Å². The molecule has 15 heavy (non-hydrogen) atoms. The molecule has 0 spiro atoms. The van der Waals surface area contributed by atoms with Gasteiger partial charge in [-0.1, -0.05) is 0 Å². The first-order valence-corrected chi connectivity index (χ1v) is 4.68. The van der Waals surface area contributed by atoms with Gasteiger partial charge >= 0.3 is 6.18 Å². The number of aromatic nitrogens is 2. The molecule has 1 heterocycles. The Kier molecular flexibility index (Phi) is 3.73. The Morgan fingerprint density at radius 3 is 2.67 bits per heavy atom. The summed E-state index contributed by atoms with van der Waals surface area (Å²) in [6.07, 6.45) is -2.35. The summed E-state index contributed by atoms with van der Waals surface area (Å²) in [5.41, 5.74) is -0.875. The highest BCUT2D eigenvalue weighted by atomic mass is 19.4. The molecule has 0 amide bonds. The number of nitrogens with zero attached hydrogens (tertiary/aromatic N) is 2. The highest BCUT2D eigenvalue weighted by molar-refractivity contribution is 5.03. The molecule has 1 atom stereocenters. The molecule has 0 saturated carbocycles. The van der Waals surface area contributed by atoms with E-state index in [4.69, 9.17) is 5.11 Å². The van der Waals surface area contributed by atoms with Crippen molar-refractivity contribution in [3.05, 3.63) is 18.0 Å². The van der Waals surface area contributed by atoms with Gasteiger partial charge in [-0.2, -0.15) is 18.3 Å². The van der Waals surface area contributed by atoms with Crippen LogP contribution in [0.4, 0.5) is 13.2 Å². The molecule has 0 aliphatic rings. The van der Waals surface area contributed by atoms with Crippen molar-refractivity contribution in [2.75, 3.05) is 0 Å². The number of aliphatic hydroxyl groups excluding tert-OH is 1. The lowest BCUT2D eigenvalue weighted by Crippen LogP contribution is -2.09. The summed E-state index contributed by atoms with van der Waals surface area (Å²) >= 11 is 0. The van der Waals surface area contributed by atoms with Gasteiger partial charge < -0.3 is 5.11 Å². The van der Waals surface area contributed by atoms with E-state index in [0.717, 1.165) is 6.07 Å². The molecule has 0 bridgehead atoms. The summed E-state index contributed by atoms with van der Waals surface area (Å²) in [5, 5.41) is 12.3. The maximum Gasteiger partial charge on any atom is 0.435 e. The zero-order valence-corrected chi connectivity index (χ0v) is 8.33. The molecular weight excluding hydrogens is 209 g/mol. The molecule has 0 aliphatic carbocycles. The van der Waals surface area contributed by atoms with Crippen LogP contribution in [0.2, 0.25) is 0 Å². The second kappa shape index (κ2) is 4.65. The molecule has 1 aromatic heterocycles. The van der Waals surface area contributed by atoms with E-state index in [1.807, 2.05) is 0 Å². The minimum atomic E-state index is -4.38. The maximum atomic E-state index is 12.1. The van der Waals surface area contributed by atoms with Crippen LogP contribution in [0.1, 0.15) is 25.5 Å². The summed E-state index contributed by atoms with van der Waals surface area (Å²) in [7, 11) is 0. The minimum Gasteiger partial charge on any atom is -0.393 e. The lowest BCUT2D eigenvalue weighted by Gasteiger charge is -2.04. The van der Waals surface area contributed by atoms with E-state index < -0.39 is 18.0 Å². The van der Waals surface area contributed by atoms with Crippen LogP contribution in [0.5, 0.6) is 0 Å². The minimum absolute atomic E-state index is 0.390. The van der Waals surface area contributed by atoms with Crippen LogP contribution in [0.3, 0.4) is 0 Å². The number of hydrogen-bond acceptors (Lipinski definition) is 2. The Labute approximate surface area is 85.5 Å². The van der Waals surface area contributed by atoms with Crippen LogP contribution < -0.4 is 0 Å². The largest absolute Gasteiger partial charge is 0.435 e. The summed E-state index contributed by atoms with van der Waals surface area (Å²) in [5.74, 6) is 0. The van der Waals surface area contributed by atoms with Gasteiger partial charge in [0.1, 0.15) is 0 Å². The maximum absolute atomic E-state index is 12.1. The van der Waals surface area contributed by atoms with Crippen molar-refractivity contribution >= 4 is 0 Å². The molecule has 0 saturated heterocycles. The van der Waals surface area contributed by atoms with E-state index >= 15 is 0 Å². The fourth-order valence-corrected chi connectivity index (χ4v) is 1.19. The van der Waals surface area contributed by atoms with E-state index in [1.54, 1.807) is 6.92 Å². The molecule has 0 aromatic carbocycles. The molecule has 0 radical (unpaired) electrons. The van der Waals surface area contributed by atoms with Crippen molar-refractivity contribution in [2.24, 2.45) is 0 Å². The van der Waals surface area contributed by atoms with E-state index in [0.29, 0.717) is 19.4 Å². The summed E-state index contributed by atoms with van der Waals surface area (Å²) in [6, 6.07) is 0.947. The van der Waals surface area contributed by atoms with Crippen molar-refractivity contribution in [3.63, 3.8) is 0 Å². The lowest BCUT2D eigenvalue weighted by atomic mass is 10.2. The first-order valence-electron chi connectivity index (χ1n) is 4.68. The van der Waals surface area contributed by atoms with Gasteiger partial charge in [0.15, 0.2) is 5.69 Å². The second-order valence-electron chi connectivity index (χ2n) is 3.45. The van der Waals surface area contributed by atoms with Gasteiger partial charge in [-0.05, 0) is 25.8 Å². The van der Waals surface area contributed by atoms with Crippen molar-refractivity contribution in [1.82, 2.24) is 9.78 Å². The van der Waals surface area contributed by atoms with Gasteiger partial charge in [-0.15, -0.1) is 0 Å². The van der Waals surface area contributed by atoms with Crippen LogP contribution in [0.25, 0.3) is 0 Å². The Hall–Kier alpha value is -1.04. The van der Waals surface area contributed by atoms with Gasteiger partial charge in [0.05, 0.1) is 6.10 Å². The molecular formula is C9H13F3N2O. The first kappa shape index (κ1) is 12.0. The average molecular weight is 222 g/mol. The van der Waals surface area contributed by atoms with Crippen LogP contribution in [0, 0.1) is 0 Å². The highest BCUT2D eigenvalue weighted by Gasteiger charge is 2.33. The van der Waals surface area contributed by atoms with Crippen LogP contribution in [-0.4, -0.2) is 21.0 Å². The van der Waals surface area contributed by atoms with Gasteiger partial charge in [0.2, 0.25) is 0 Å². The Balaban J connectivity index is 2.47. The quantitative estimate of drug-likeness (QED) is 0.846. The zero-order valence-electron chi connectivity index (χ0n) is 8.33. The summed E-state index contributed by atoms with van der Waals surface area (Å²) in [6.45, 7) is 2.03. The van der Waals surface area contributed by atoms with Crippen LogP contribution in [-0.2, 0) is 12.7 Å². The zero-order chi connectivity index (χ0) is 11.5. The topological polar surface area (TPSA) is 38.0 Å². The Morgan fingerprint density at radius 1 is 1.53 bits per heavy atom. The monoisotopic (exact) mass is 222 g/mol. The summed E-state index contributed by atoms with van der Waals surface area (Å²) in [4.78, 5) is 0. The smallest absolute Gasteiger partial charge is 0.393 e. The number of halogens is 3. The number of hydrogen-bond donors (Lipinski definition) is 1. The Morgan fingerprint density at radius 2 is 2.20 bits per heavy atom. The third-order valence-electron chi connectivity index (χ3n) is 1.94. The fourth-order valence-electron chi connectivity index (χ4n) is 1.19. The number of rotatable bonds is 4. The standard InChI is InChI=1S/C9H13F3N2O/c1-7(15)3-2-5-14-6-4-8(13-14)9(10,11)12/h4,6-7,15H,2-3,5H2,1H3. The number of aliphatic hydroxyl groups is 1. The van der Waals surface area contributed by atoms with E-state index in [1.165, 1.54) is 10.9 Å². The normalized spacial score (nSPS) is 14.2. The van der Waals surface area contributed by atoms with Gasteiger partial charge in [0, 0.05) is 12.7 Å². The first-order chi connectivity index (χ1) is 6.89. The lowest BCUT2D eigenvalue weighted by molar-refractivity contribution is -0.141. The molecule has 1 rings (SSSR count). The molecule has 6 heteroatoms. The van der Waals surface area contributed by atoms with Crippen molar-refractivity contribution in [2.45, 2.75) is 38.6 Å². The van der Waals surface area contributed by atoms with Crippen LogP contribution in [0.15, 0.2) is 12.3 Å². The van der Waals surface area contributed by atoms with Crippen LogP contribution >= 0.6 is 0 Å². The molecule has 3 nitrogen and oxygen atoms in total. The third-order valence-corrected chi connectivity index (χ3v) is 1.94. The molecule has 1 unspecified atom stereocenters. The van der Waals surface area contributed by atoms with E-state index in [2.05, 4.69) is 5.10 Å². The SMILES string of the molecule is CC(O)CCCn1ccc(C(F)(F)F)n1. The fraction of sp³-hybridized carbons (Fsp3) is 0.667. The average Bonchev–Trinajstić information content (AvgIpc) is 2.51. The molecule has 0 fully saturated rings. The highest BCUT2D eigenvalue weighted by Crippen LogP contribution is 2.27.